The van der Waals surface area contributed by atoms with E-state index < -0.39 is 0 Å². The maximum atomic E-state index is 12.1. The van der Waals surface area contributed by atoms with Gasteiger partial charge >= 0.3 is 0 Å². The standard InChI is InChI=1S/C17H19N5O2S/c1-24-6-5-19-16(23)12-4-2-3-11(7-12)8-13-9-14-15(22-18)20-10-21-17(14)25-13/h2-4,7,9-10H,5-6,8,18H2,1H3,(H,19,23)(H,20,21,22). The van der Waals surface area contributed by atoms with Crippen molar-refractivity contribution in [1.82, 2.24) is 15.3 Å². The van der Waals surface area contributed by atoms with Crippen LogP contribution in [0.1, 0.15) is 20.8 Å². The zero-order chi connectivity index (χ0) is 17.6. The molecule has 25 heavy (non-hydrogen) atoms. The second kappa shape index (κ2) is 8.02. The van der Waals surface area contributed by atoms with Crippen LogP contribution in [0.2, 0.25) is 0 Å². The summed E-state index contributed by atoms with van der Waals surface area (Å²) >= 11 is 1.59. The topological polar surface area (TPSA) is 102 Å². The summed E-state index contributed by atoms with van der Waals surface area (Å²) in [7, 11) is 1.60. The Kier molecular flexibility index (Phi) is 5.54. The van der Waals surface area contributed by atoms with Crippen molar-refractivity contribution < 1.29 is 9.53 Å². The molecule has 2 heterocycles. The van der Waals surface area contributed by atoms with Gasteiger partial charge in [-0.1, -0.05) is 12.1 Å². The molecule has 0 aliphatic carbocycles. The van der Waals surface area contributed by atoms with Crippen LogP contribution >= 0.6 is 11.3 Å². The first-order chi connectivity index (χ1) is 12.2. The van der Waals surface area contributed by atoms with Gasteiger partial charge in [0.25, 0.3) is 5.91 Å². The number of nitrogens with one attached hydrogen (secondary N) is 2. The van der Waals surface area contributed by atoms with Gasteiger partial charge in [-0.3, -0.25) is 4.79 Å². The normalized spacial score (nSPS) is 10.8. The van der Waals surface area contributed by atoms with E-state index in [1.807, 2.05) is 24.3 Å². The highest BCUT2D eigenvalue weighted by Crippen LogP contribution is 2.29. The molecular formula is C17H19N5O2S. The first kappa shape index (κ1) is 17.3. The number of anilines is 1. The van der Waals surface area contributed by atoms with Gasteiger partial charge in [0.15, 0.2) is 5.82 Å². The number of fused-ring (bicyclic) bond motifs is 1. The van der Waals surface area contributed by atoms with Gasteiger partial charge < -0.3 is 15.5 Å². The van der Waals surface area contributed by atoms with Crippen molar-refractivity contribution >= 4 is 33.3 Å². The van der Waals surface area contributed by atoms with Crippen molar-refractivity contribution in [2.75, 3.05) is 25.7 Å². The molecule has 0 unspecified atom stereocenters. The highest BCUT2D eigenvalue weighted by Gasteiger charge is 2.10. The van der Waals surface area contributed by atoms with Gasteiger partial charge in [0.2, 0.25) is 0 Å². The molecule has 0 radical (unpaired) electrons. The molecule has 0 aliphatic rings. The number of nitrogens with two attached hydrogens (primary N) is 1. The third-order valence-electron chi connectivity index (χ3n) is 3.68. The lowest BCUT2D eigenvalue weighted by atomic mass is 10.1. The van der Waals surface area contributed by atoms with Crippen molar-refractivity contribution in [3.8, 4) is 0 Å². The number of hydrazine groups is 1. The van der Waals surface area contributed by atoms with E-state index in [4.69, 9.17) is 10.6 Å². The number of nitrogen functional groups attached to an aromatic ring is 1. The second-order valence-corrected chi connectivity index (χ2v) is 6.54. The summed E-state index contributed by atoms with van der Waals surface area (Å²) in [4.78, 5) is 22.5. The fourth-order valence-corrected chi connectivity index (χ4v) is 3.53. The van der Waals surface area contributed by atoms with Crippen molar-refractivity contribution in [3.63, 3.8) is 0 Å². The molecule has 0 saturated heterocycles. The van der Waals surface area contributed by atoms with Crippen molar-refractivity contribution in [3.05, 3.63) is 52.7 Å². The van der Waals surface area contributed by atoms with Crippen LogP contribution in [0.5, 0.6) is 0 Å². The molecule has 0 spiro atoms. The van der Waals surface area contributed by atoms with Crippen molar-refractivity contribution in [2.24, 2.45) is 5.84 Å². The predicted octanol–water partition coefficient (Wildman–Crippen LogP) is 1.94. The van der Waals surface area contributed by atoms with Gasteiger partial charge in [-0.15, -0.1) is 11.3 Å². The maximum Gasteiger partial charge on any atom is 0.251 e. The smallest absolute Gasteiger partial charge is 0.251 e. The zero-order valence-electron chi connectivity index (χ0n) is 13.8. The van der Waals surface area contributed by atoms with E-state index in [0.717, 1.165) is 20.7 Å². The number of aromatic nitrogens is 2. The van der Waals surface area contributed by atoms with Crippen LogP contribution in [0.25, 0.3) is 10.2 Å². The Morgan fingerprint density at radius 2 is 2.20 bits per heavy atom. The Labute approximate surface area is 149 Å². The number of methoxy groups -OCH3 is 1. The second-order valence-electron chi connectivity index (χ2n) is 5.42. The molecule has 3 rings (SSSR count). The number of carbonyl (C=O) groups excluding carboxylic acids is 1. The van der Waals surface area contributed by atoms with Gasteiger partial charge in [0, 0.05) is 30.5 Å². The molecule has 1 amide bonds. The molecule has 0 fully saturated rings. The third kappa shape index (κ3) is 4.11. The Morgan fingerprint density at radius 1 is 1.32 bits per heavy atom. The molecule has 0 saturated carbocycles. The Bertz CT molecular complexity index is 880. The fraction of sp³-hybridized carbons (Fsp3) is 0.235. The highest BCUT2D eigenvalue weighted by molar-refractivity contribution is 7.18. The number of thiophene rings is 1. The monoisotopic (exact) mass is 357 g/mol. The number of carbonyl (C=O) groups is 1. The van der Waals surface area contributed by atoms with Gasteiger partial charge in [-0.25, -0.2) is 15.8 Å². The summed E-state index contributed by atoms with van der Waals surface area (Å²) in [5.74, 6) is 6.00. The molecule has 3 aromatic rings. The van der Waals surface area contributed by atoms with Crippen LogP contribution in [0.4, 0.5) is 5.82 Å². The number of hydrogen-bond donors (Lipinski definition) is 3. The minimum atomic E-state index is -0.101. The molecule has 130 valence electrons. The summed E-state index contributed by atoms with van der Waals surface area (Å²) in [6.07, 6.45) is 2.20. The van der Waals surface area contributed by atoms with Crippen LogP contribution in [0, 0.1) is 0 Å². The molecule has 8 heteroatoms. The van der Waals surface area contributed by atoms with E-state index in [-0.39, 0.29) is 5.91 Å². The molecule has 0 bridgehead atoms. The minimum absolute atomic E-state index is 0.101. The number of benzene rings is 1. The average Bonchev–Trinajstić information content (AvgIpc) is 3.04. The lowest BCUT2D eigenvalue weighted by Crippen LogP contribution is -2.26. The van der Waals surface area contributed by atoms with Crippen LogP contribution in [-0.4, -0.2) is 36.1 Å². The minimum Gasteiger partial charge on any atom is -0.383 e. The summed E-state index contributed by atoms with van der Waals surface area (Å²) < 4.78 is 4.94. The number of amides is 1. The van der Waals surface area contributed by atoms with Crippen LogP contribution in [-0.2, 0) is 11.2 Å². The van der Waals surface area contributed by atoms with Crippen LogP contribution in [0.3, 0.4) is 0 Å². The predicted molar refractivity (Wildman–Crippen MR) is 98.7 cm³/mol. The van der Waals surface area contributed by atoms with E-state index in [0.29, 0.717) is 31.0 Å². The molecular weight excluding hydrogens is 338 g/mol. The molecule has 0 aliphatic heterocycles. The number of nitrogens with zero attached hydrogens (tertiary/aromatic N) is 2. The lowest BCUT2D eigenvalue weighted by Gasteiger charge is -2.06. The summed E-state index contributed by atoms with van der Waals surface area (Å²) in [6, 6.07) is 9.63. The van der Waals surface area contributed by atoms with Crippen molar-refractivity contribution in [2.45, 2.75) is 6.42 Å². The van der Waals surface area contributed by atoms with E-state index in [9.17, 15) is 4.79 Å². The molecule has 7 nitrogen and oxygen atoms in total. The zero-order valence-corrected chi connectivity index (χ0v) is 14.6. The summed E-state index contributed by atoms with van der Waals surface area (Å²) in [6.45, 7) is 0.981. The average molecular weight is 357 g/mol. The lowest BCUT2D eigenvalue weighted by molar-refractivity contribution is 0.0937. The quantitative estimate of drug-likeness (QED) is 0.339. The first-order valence-corrected chi connectivity index (χ1v) is 8.59. The summed E-state index contributed by atoms with van der Waals surface area (Å²) in [5, 5.41) is 3.73. The third-order valence-corrected chi connectivity index (χ3v) is 4.72. The van der Waals surface area contributed by atoms with E-state index in [1.54, 1.807) is 24.5 Å². The number of hydrogen-bond acceptors (Lipinski definition) is 7. The fourth-order valence-electron chi connectivity index (χ4n) is 2.50. The van der Waals surface area contributed by atoms with Gasteiger partial charge in [-0.05, 0) is 23.8 Å². The van der Waals surface area contributed by atoms with E-state index in [1.165, 1.54) is 6.33 Å². The highest BCUT2D eigenvalue weighted by atomic mass is 32.1. The molecule has 2 aromatic heterocycles. The Balaban J connectivity index is 1.77. The molecule has 0 atom stereocenters. The first-order valence-electron chi connectivity index (χ1n) is 7.77. The number of rotatable bonds is 7. The van der Waals surface area contributed by atoms with Gasteiger partial charge in [0.05, 0.1) is 12.0 Å². The van der Waals surface area contributed by atoms with Gasteiger partial charge in [0.1, 0.15) is 11.2 Å². The molecule has 1 aromatic carbocycles. The Hall–Kier alpha value is -2.55. The van der Waals surface area contributed by atoms with Gasteiger partial charge in [-0.2, -0.15) is 0 Å². The Morgan fingerprint density at radius 3 is 3.00 bits per heavy atom. The number of ether oxygens (including phenoxy) is 1. The SMILES string of the molecule is COCCNC(=O)c1cccc(Cc2cc3c(NN)ncnc3s2)c1. The largest absolute Gasteiger partial charge is 0.383 e. The maximum absolute atomic E-state index is 12.1. The van der Waals surface area contributed by atoms with Crippen LogP contribution < -0.4 is 16.6 Å². The van der Waals surface area contributed by atoms with E-state index in [2.05, 4.69) is 20.7 Å². The van der Waals surface area contributed by atoms with Crippen molar-refractivity contribution in [1.29, 1.82) is 0 Å². The summed E-state index contributed by atoms with van der Waals surface area (Å²) in [5.41, 5.74) is 4.28. The molecule has 4 N–H and O–H groups in total. The van der Waals surface area contributed by atoms with Crippen LogP contribution in [0.15, 0.2) is 36.7 Å². The van der Waals surface area contributed by atoms with E-state index >= 15 is 0 Å².